The fourth-order valence-corrected chi connectivity index (χ4v) is 6.55. The Bertz CT molecular complexity index is 2730. The number of likely N-dealkylation sites (N-methyl/N-ethyl adjacent to an activating group) is 2. The molecule has 2 aliphatic heterocycles. The number of halogens is 3. The van der Waals surface area contributed by atoms with Gasteiger partial charge in [-0.1, -0.05) is 65.8 Å². The number of nitrogens with zero attached hydrogens (tertiary/aromatic N) is 9. The first kappa shape index (κ1) is 47.0. The number of ether oxygens (including phenoxy) is 2. The molecule has 18 nitrogen and oxygen atoms in total. The molecule has 2 aromatic carbocycles. The number of nitrogens with one attached hydrogen (secondary N) is 3. The Hall–Kier alpha value is -8.04. The highest BCUT2D eigenvalue weighted by atomic mass is 79.9. The first-order chi connectivity index (χ1) is 30.4. The van der Waals surface area contributed by atoms with Crippen LogP contribution in [0.2, 0.25) is 0 Å². The molecule has 0 spiro atoms. The number of pyridine rings is 2. The van der Waals surface area contributed by atoms with Crippen LogP contribution in [0.1, 0.15) is 45.1 Å². The van der Waals surface area contributed by atoms with E-state index in [1.165, 1.54) is 41.0 Å². The SMILES string of the molecule is C.CN1C(=O)[C@@H](NC(=O)c2[nH]ncc2F)COc2cccnc21.N#Cc1ccccc1CBr.[C-]#[N+]c1ccccc1Cn1cc(F)c(C(=O)N[C@H]2COc3cccnc3N(C)C2=O)n1. The summed E-state index contributed by atoms with van der Waals surface area (Å²) in [4.78, 5) is 63.9. The number of rotatable bonds is 7. The largest absolute Gasteiger partial charge is 0.487 e. The highest BCUT2D eigenvalue weighted by Gasteiger charge is 2.34. The van der Waals surface area contributed by atoms with Crippen LogP contribution in [0, 0.1) is 29.5 Å². The quantitative estimate of drug-likeness (QED) is 0.137. The van der Waals surface area contributed by atoms with Crippen molar-refractivity contribution in [1.29, 1.82) is 5.26 Å². The van der Waals surface area contributed by atoms with Gasteiger partial charge in [0.05, 0.1) is 37.1 Å². The molecule has 0 bridgehead atoms. The third kappa shape index (κ3) is 10.9. The van der Waals surface area contributed by atoms with Gasteiger partial charge in [-0.25, -0.2) is 23.6 Å². The van der Waals surface area contributed by atoms with Crippen LogP contribution in [0.15, 0.2) is 97.6 Å². The Balaban J connectivity index is 0.000000203. The predicted molar refractivity (Wildman–Crippen MR) is 232 cm³/mol. The number of alkyl halides is 1. The van der Waals surface area contributed by atoms with E-state index < -0.39 is 53.0 Å². The molecule has 6 heterocycles. The van der Waals surface area contributed by atoms with Crippen molar-refractivity contribution in [3.05, 3.63) is 149 Å². The summed E-state index contributed by atoms with van der Waals surface area (Å²) in [5.74, 6) is -2.58. The number of amides is 4. The maximum atomic E-state index is 14.4. The van der Waals surface area contributed by atoms with E-state index in [9.17, 15) is 28.0 Å². The molecular formula is C43H39BrF2N12O6. The summed E-state index contributed by atoms with van der Waals surface area (Å²) in [7, 11) is 3.05. The normalized spacial score (nSPS) is 14.9. The molecule has 0 radical (unpaired) electrons. The summed E-state index contributed by atoms with van der Waals surface area (Å²) in [6, 6.07) is 21.2. The van der Waals surface area contributed by atoms with Gasteiger partial charge in [-0.3, -0.25) is 38.8 Å². The molecule has 0 aliphatic carbocycles. The number of hydrogen-bond acceptors (Lipinski definition) is 11. The van der Waals surface area contributed by atoms with Crippen molar-refractivity contribution in [3.63, 3.8) is 0 Å². The van der Waals surface area contributed by atoms with E-state index in [1.807, 2.05) is 24.3 Å². The summed E-state index contributed by atoms with van der Waals surface area (Å²) < 4.78 is 40.1. The Morgan fingerprint density at radius 2 is 1.44 bits per heavy atom. The summed E-state index contributed by atoms with van der Waals surface area (Å²) >= 11 is 3.30. The lowest BCUT2D eigenvalue weighted by molar-refractivity contribution is -0.121. The van der Waals surface area contributed by atoms with E-state index in [1.54, 1.807) is 48.5 Å². The number of fused-ring (bicyclic) bond motifs is 2. The van der Waals surface area contributed by atoms with Crippen molar-refractivity contribution in [3.8, 4) is 17.6 Å². The van der Waals surface area contributed by atoms with Crippen molar-refractivity contribution in [1.82, 2.24) is 40.6 Å². The van der Waals surface area contributed by atoms with Gasteiger partial charge in [-0.15, -0.1) is 0 Å². The molecule has 4 aromatic heterocycles. The minimum Gasteiger partial charge on any atom is -0.487 e. The average molecular weight is 938 g/mol. The maximum Gasteiger partial charge on any atom is 0.275 e. The Kier molecular flexibility index (Phi) is 15.9. The molecular weight excluding hydrogens is 898 g/mol. The predicted octanol–water partition coefficient (Wildman–Crippen LogP) is 5.36. The third-order valence-electron chi connectivity index (χ3n) is 9.29. The monoisotopic (exact) mass is 936 g/mol. The van der Waals surface area contributed by atoms with Gasteiger partial charge >= 0.3 is 0 Å². The molecule has 0 fully saturated rings. The number of nitriles is 1. The maximum absolute atomic E-state index is 14.4. The molecule has 328 valence electrons. The molecule has 3 N–H and O–H groups in total. The Labute approximate surface area is 373 Å². The number of benzene rings is 2. The Morgan fingerprint density at radius 3 is 1.97 bits per heavy atom. The zero-order valence-electron chi connectivity index (χ0n) is 33.3. The van der Waals surface area contributed by atoms with Crippen molar-refractivity contribution in [2.45, 2.75) is 31.4 Å². The molecule has 0 saturated heterocycles. The minimum atomic E-state index is -1.04. The first-order valence-electron chi connectivity index (χ1n) is 18.7. The lowest BCUT2D eigenvalue weighted by Gasteiger charge is -2.19. The van der Waals surface area contributed by atoms with Crippen LogP contribution in [-0.2, 0) is 21.5 Å². The number of carbonyl (C=O) groups is 4. The zero-order chi connectivity index (χ0) is 45.0. The molecule has 64 heavy (non-hydrogen) atoms. The number of anilines is 2. The number of aromatic amines is 1. The summed E-state index contributed by atoms with van der Waals surface area (Å²) in [6.45, 7) is 7.13. The highest BCUT2D eigenvalue weighted by molar-refractivity contribution is 9.08. The second-order valence-electron chi connectivity index (χ2n) is 13.4. The van der Waals surface area contributed by atoms with E-state index in [2.05, 4.69) is 62.7 Å². The highest BCUT2D eigenvalue weighted by Crippen LogP contribution is 2.29. The summed E-state index contributed by atoms with van der Waals surface area (Å²) in [6.07, 6.45) is 5.02. The van der Waals surface area contributed by atoms with Crippen molar-refractivity contribution in [2.24, 2.45) is 0 Å². The molecule has 0 saturated carbocycles. The second kappa shape index (κ2) is 21.7. The molecule has 6 aromatic rings. The third-order valence-corrected chi connectivity index (χ3v) is 9.90. The summed E-state index contributed by atoms with van der Waals surface area (Å²) in [5, 5.41) is 23.9. The molecule has 0 unspecified atom stereocenters. The van der Waals surface area contributed by atoms with Crippen molar-refractivity contribution in [2.75, 3.05) is 37.1 Å². The average Bonchev–Trinajstić information content (AvgIpc) is 3.86. The zero-order valence-corrected chi connectivity index (χ0v) is 34.9. The Morgan fingerprint density at radius 1 is 0.875 bits per heavy atom. The van der Waals surface area contributed by atoms with Gasteiger partial charge in [-0.2, -0.15) is 15.5 Å². The van der Waals surface area contributed by atoms with Crippen LogP contribution < -0.4 is 29.9 Å². The smallest absolute Gasteiger partial charge is 0.275 e. The van der Waals surface area contributed by atoms with E-state index in [-0.39, 0.29) is 32.9 Å². The fraction of sp³-hybridized carbons (Fsp3) is 0.209. The number of aromatic nitrogens is 6. The van der Waals surface area contributed by atoms with Crippen LogP contribution in [-0.4, -0.2) is 93.0 Å². The van der Waals surface area contributed by atoms with Crippen LogP contribution >= 0.6 is 15.9 Å². The van der Waals surface area contributed by atoms with Crippen LogP contribution in [0.3, 0.4) is 0 Å². The fourth-order valence-electron chi connectivity index (χ4n) is 6.06. The van der Waals surface area contributed by atoms with Gasteiger partial charge < -0.3 is 20.1 Å². The lowest BCUT2D eigenvalue weighted by atomic mass is 10.1. The molecule has 2 aliphatic rings. The number of H-pyrrole nitrogens is 1. The van der Waals surface area contributed by atoms with E-state index >= 15 is 0 Å². The van der Waals surface area contributed by atoms with Gasteiger partial charge in [-0.05, 0) is 41.5 Å². The van der Waals surface area contributed by atoms with Gasteiger partial charge in [0, 0.05) is 31.8 Å². The van der Waals surface area contributed by atoms with E-state index in [0.717, 1.165) is 28.9 Å². The van der Waals surface area contributed by atoms with E-state index in [0.29, 0.717) is 34.4 Å². The van der Waals surface area contributed by atoms with Crippen LogP contribution in [0.25, 0.3) is 4.85 Å². The van der Waals surface area contributed by atoms with Crippen molar-refractivity contribution < 1.29 is 37.4 Å². The topological polar surface area (TPSA) is 218 Å². The van der Waals surface area contributed by atoms with Crippen LogP contribution in [0.4, 0.5) is 26.1 Å². The molecule has 2 atom stereocenters. The molecule has 4 amide bonds. The lowest BCUT2D eigenvalue weighted by Crippen LogP contribution is -2.49. The number of para-hydroxylation sites is 1. The minimum absolute atomic E-state index is 0. The first-order valence-corrected chi connectivity index (χ1v) is 19.8. The standard InChI is InChI=1S/C21H17FN6O3.C13H12FN5O3.C8H6BrN.CH4/c1-23-15-7-4-3-6-13(15)10-28-11-14(22)18(26-28)20(29)25-16-12-31-17-8-5-9-24-19(17)27(2)21(16)30;1-19-11-9(3-2-4-15-11)22-6-8(13(19)21)17-12(20)10-7(14)5-16-18-10;9-5-7-3-1-2-4-8(7)6-10;/h3-9,11,16H,10,12H2,2H3,(H,25,29);2-5,8H,6H2,1H3,(H,16,18)(H,17,20);1-4H,5H2;1H4/t16-;8-;;/m00../s1. The van der Waals surface area contributed by atoms with Gasteiger partial charge in [0.2, 0.25) is 0 Å². The van der Waals surface area contributed by atoms with Gasteiger partial charge in [0.25, 0.3) is 23.6 Å². The number of hydrogen-bond donors (Lipinski definition) is 3. The van der Waals surface area contributed by atoms with Crippen LogP contribution in [0.5, 0.6) is 11.5 Å². The van der Waals surface area contributed by atoms with E-state index in [4.69, 9.17) is 21.3 Å². The van der Waals surface area contributed by atoms with Gasteiger partial charge in [0.1, 0.15) is 25.3 Å². The van der Waals surface area contributed by atoms with Gasteiger partial charge in [0.15, 0.2) is 51.8 Å². The molecule has 8 rings (SSSR count). The number of carbonyl (C=O) groups excluding carboxylic acids is 4. The summed E-state index contributed by atoms with van der Waals surface area (Å²) in [5.41, 5.74) is 2.07. The second-order valence-corrected chi connectivity index (χ2v) is 13.9. The van der Waals surface area contributed by atoms with Crippen molar-refractivity contribution >= 4 is 56.9 Å². The molecule has 21 heteroatoms.